The Labute approximate surface area is 143 Å². The molecular weight excluding hydrogens is 298 g/mol. The number of benzene rings is 2. The van der Waals surface area contributed by atoms with Crippen LogP contribution in [0.1, 0.15) is 50.0 Å². The summed E-state index contributed by atoms with van der Waals surface area (Å²) in [4.78, 5) is 11.2. The van der Waals surface area contributed by atoms with Gasteiger partial charge in [-0.05, 0) is 40.7 Å². The summed E-state index contributed by atoms with van der Waals surface area (Å²) < 4.78 is 5.38. The van der Waals surface area contributed by atoms with Crippen LogP contribution in [0.25, 0.3) is 11.1 Å². The number of aryl methyl sites for hydroxylation is 1. The summed E-state index contributed by atoms with van der Waals surface area (Å²) in [7, 11) is 0. The first-order valence-electron chi connectivity index (χ1n) is 8.59. The molecule has 1 aliphatic rings. The number of rotatable bonds is 4. The number of hydrogen-bond acceptors (Lipinski definition) is 2. The SMILES string of the molecule is CCCc1ccc(-c2ccc3c(c2)CC(C)(C)[C@H]3OC(N)=O)cc1. The van der Waals surface area contributed by atoms with Crippen molar-refractivity contribution in [3.63, 3.8) is 0 Å². The highest BCUT2D eigenvalue weighted by molar-refractivity contribution is 5.68. The Balaban J connectivity index is 1.91. The smallest absolute Gasteiger partial charge is 0.405 e. The van der Waals surface area contributed by atoms with Crippen LogP contribution in [-0.2, 0) is 17.6 Å². The van der Waals surface area contributed by atoms with Gasteiger partial charge in [0.25, 0.3) is 0 Å². The fraction of sp³-hybridized carbons (Fsp3) is 0.381. The third-order valence-corrected chi connectivity index (χ3v) is 4.84. The molecule has 2 aromatic carbocycles. The lowest BCUT2D eigenvalue weighted by atomic mass is 9.87. The fourth-order valence-electron chi connectivity index (χ4n) is 3.69. The van der Waals surface area contributed by atoms with Gasteiger partial charge in [-0.25, -0.2) is 4.79 Å². The standard InChI is InChI=1S/C21H25NO2/c1-4-5-14-6-8-15(9-7-14)16-10-11-18-17(12-16)13-21(2,3)19(18)24-20(22)23/h6-12,19H,4-5,13H2,1-3H3,(H2,22,23)/t19-/m0/s1. The predicted molar refractivity (Wildman–Crippen MR) is 96.8 cm³/mol. The van der Waals surface area contributed by atoms with Gasteiger partial charge in [-0.2, -0.15) is 0 Å². The van der Waals surface area contributed by atoms with Crippen molar-refractivity contribution in [1.82, 2.24) is 0 Å². The summed E-state index contributed by atoms with van der Waals surface area (Å²) >= 11 is 0. The highest BCUT2D eigenvalue weighted by atomic mass is 16.6. The minimum atomic E-state index is -0.712. The van der Waals surface area contributed by atoms with Crippen molar-refractivity contribution in [2.45, 2.75) is 46.1 Å². The summed E-state index contributed by atoms with van der Waals surface area (Å²) in [5.74, 6) is 0. The molecule has 3 nitrogen and oxygen atoms in total. The molecule has 1 amide bonds. The zero-order valence-corrected chi connectivity index (χ0v) is 14.6. The summed E-state index contributed by atoms with van der Waals surface area (Å²) in [6.45, 7) is 6.42. The van der Waals surface area contributed by atoms with Crippen LogP contribution in [0.5, 0.6) is 0 Å². The number of hydrogen-bond donors (Lipinski definition) is 1. The van der Waals surface area contributed by atoms with Crippen molar-refractivity contribution in [3.05, 3.63) is 59.2 Å². The molecule has 0 heterocycles. The fourth-order valence-corrected chi connectivity index (χ4v) is 3.69. The van der Waals surface area contributed by atoms with Crippen molar-refractivity contribution >= 4 is 6.09 Å². The summed E-state index contributed by atoms with van der Waals surface area (Å²) in [6, 6.07) is 15.2. The van der Waals surface area contributed by atoms with Gasteiger partial charge in [0.15, 0.2) is 0 Å². The van der Waals surface area contributed by atoms with Gasteiger partial charge in [-0.15, -0.1) is 0 Å². The Bertz CT molecular complexity index is 747. The maximum Gasteiger partial charge on any atom is 0.405 e. The molecule has 3 rings (SSSR count). The molecule has 2 aromatic rings. The quantitative estimate of drug-likeness (QED) is 0.858. The average molecular weight is 323 g/mol. The molecule has 0 aliphatic heterocycles. The van der Waals surface area contributed by atoms with E-state index in [0.717, 1.165) is 24.8 Å². The van der Waals surface area contributed by atoms with Crippen LogP contribution < -0.4 is 5.73 Å². The first kappa shape index (κ1) is 16.6. The molecule has 0 spiro atoms. The molecule has 126 valence electrons. The van der Waals surface area contributed by atoms with Crippen LogP contribution >= 0.6 is 0 Å². The van der Waals surface area contributed by atoms with E-state index >= 15 is 0 Å². The highest BCUT2D eigenvalue weighted by Crippen LogP contribution is 2.48. The monoisotopic (exact) mass is 323 g/mol. The van der Waals surface area contributed by atoms with Gasteiger partial charge in [0.1, 0.15) is 6.10 Å². The van der Waals surface area contributed by atoms with Crippen molar-refractivity contribution in [2.75, 3.05) is 0 Å². The molecular formula is C21H25NO2. The number of ether oxygens (including phenoxy) is 1. The van der Waals surface area contributed by atoms with Crippen LogP contribution in [0.2, 0.25) is 0 Å². The van der Waals surface area contributed by atoms with E-state index in [0.29, 0.717) is 0 Å². The number of amides is 1. The van der Waals surface area contributed by atoms with Gasteiger partial charge in [0.2, 0.25) is 0 Å². The largest absolute Gasteiger partial charge is 0.441 e. The number of fused-ring (bicyclic) bond motifs is 1. The van der Waals surface area contributed by atoms with Crippen LogP contribution in [0, 0.1) is 5.41 Å². The Hall–Kier alpha value is -2.29. The van der Waals surface area contributed by atoms with Gasteiger partial charge in [-0.1, -0.05) is 69.7 Å². The molecule has 0 radical (unpaired) electrons. The maximum absolute atomic E-state index is 11.2. The summed E-state index contributed by atoms with van der Waals surface area (Å²) in [6.07, 6.45) is 2.17. The van der Waals surface area contributed by atoms with E-state index in [1.165, 1.54) is 22.3 Å². The molecule has 3 heteroatoms. The van der Waals surface area contributed by atoms with Gasteiger partial charge >= 0.3 is 6.09 Å². The molecule has 1 atom stereocenters. The molecule has 0 saturated heterocycles. The Morgan fingerprint density at radius 3 is 2.46 bits per heavy atom. The van der Waals surface area contributed by atoms with Crippen LogP contribution in [0.4, 0.5) is 4.79 Å². The normalized spacial score (nSPS) is 18.2. The lowest BCUT2D eigenvalue weighted by Crippen LogP contribution is -2.25. The van der Waals surface area contributed by atoms with Crippen molar-refractivity contribution in [3.8, 4) is 11.1 Å². The van der Waals surface area contributed by atoms with Crippen molar-refractivity contribution in [2.24, 2.45) is 11.1 Å². The molecule has 0 aromatic heterocycles. The third kappa shape index (κ3) is 3.16. The Morgan fingerprint density at radius 1 is 1.17 bits per heavy atom. The molecule has 2 N–H and O–H groups in total. The van der Waals surface area contributed by atoms with Gasteiger partial charge in [-0.3, -0.25) is 0 Å². The van der Waals surface area contributed by atoms with Gasteiger partial charge in [0, 0.05) is 5.41 Å². The van der Waals surface area contributed by atoms with Crippen LogP contribution in [-0.4, -0.2) is 6.09 Å². The zero-order chi connectivity index (χ0) is 17.3. The average Bonchev–Trinajstić information content (AvgIpc) is 2.77. The lowest BCUT2D eigenvalue weighted by Gasteiger charge is -2.26. The first-order valence-corrected chi connectivity index (χ1v) is 8.59. The second-order valence-electron chi connectivity index (χ2n) is 7.34. The number of nitrogens with two attached hydrogens (primary N) is 1. The topological polar surface area (TPSA) is 52.3 Å². The van der Waals surface area contributed by atoms with E-state index in [1.807, 2.05) is 0 Å². The minimum Gasteiger partial charge on any atom is -0.441 e. The van der Waals surface area contributed by atoms with E-state index in [2.05, 4.69) is 63.2 Å². The van der Waals surface area contributed by atoms with E-state index in [4.69, 9.17) is 10.5 Å². The van der Waals surface area contributed by atoms with Gasteiger partial charge < -0.3 is 10.5 Å². The van der Waals surface area contributed by atoms with Gasteiger partial charge in [0.05, 0.1) is 0 Å². The first-order chi connectivity index (χ1) is 11.4. The number of primary amides is 1. The van der Waals surface area contributed by atoms with Crippen LogP contribution in [0.15, 0.2) is 42.5 Å². The maximum atomic E-state index is 11.2. The Kier molecular flexibility index (Phi) is 4.35. The Morgan fingerprint density at radius 2 is 1.83 bits per heavy atom. The van der Waals surface area contributed by atoms with E-state index < -0.39 is 6.09 Å². The molecule has 0 saturated carbocycles. The number of carbonyl (C=O) groups is 1. The molecule has 1 aliphatic carbocycles. The molecule has 0 unspecified atom stereocenters. The minimum absolute atomic E-state index is 0.138. The second kappa shape index (κ2) is 6.31. The zero-order valence-electron chi connectivity index (χ0n) is 14.6. The lowest BCUT2D eigenvalue weighted by molar-refractivity contribution is 0.0392. The summed E-state index contributed by atoms with van der Waals surface area (Å²) in [5.41, 5.74) is 11.2. The second-order valence-corrected chi connectivity index (χ2v) is 7.34. The molecule has 24 heavy (non-hydrogen) atoms. The number of carbonyl (C=O) groups excluding carboxylic acids is 1. The molecule has 0 bridgehead atoms. The summed E-state index contributed by atoms with van der Waals surface area (Å²) in [5, 5.41) is 0. The molecule has 0 fully saturated rings. The van der Waals surface area contributed by atoms with E-state index in [9.17, 15) is 4.79 Å². The van der Waals surface area contributed by atoms with Crippen LogP contribution in [0.3, 0.4) is 0 Å². The van der Waals surface area contributed by atoms with Crippen molar-refractivity contribution in [1.29, 1.82) is 0 Å². The predicted octanol–water partition coefficient (Wildman–Crippen LogP) is 5.02. The third-order valence-electron chi connectivity index (χ3n) is 4.84. The van der Waals surface area contributed by atoms with Crippen molar-refractivity contribution < 1.29 is 9.53 Å². The van der Waals surface area contributed by atoms with E-state index in [1.54, 1.807) is 0 Å². The highest BCUT2D eigenvalue weighted by Gasteiger charge is 2.41. The van der Waals surface area contributed by atoms with E-state index in [-0.39, 0.29) is 11.5 Å².